The molecular weight excluding hydrogens is 525 g/mol. The summed E-state index contributed by atoms with van der Waals surface area (Å²) in [5.74, 6) is 0.764. The molecule has 0 aliphatic heterocycles. The first-order valence-corrected chi connectivity index (χ1v) is 11.5. The summed E-state index contributed by atoms with van der Waals surface area (Å²) in [6.45, 7) is 1.35. The first-order chi connectivity index (χ1) is 15.5. The van der Waals surface area contributed by atoms with Gasteiger partial charge in [0.2, 0.25) is 0 Å². The zero-order valence-corrected chi connectivity index (χ0v) is 22.6. The highest BCUT2D eigenvalue weighted by Crippen LogP contribution is 2.26. The van der Waals surface area contributed by atoms with Crippen molar-refractivity contribution in [3.8, 4) is 0 Å². The third kappa shape index (κ3) is 7.91. The van der Waals surface area contributed by atoms with E-state index in [1.54, 1.807) is 26.0 Å². The molecule has 1 fully saturated rings. The minimum absolute atomic E-state index is 0. The van der Waals surface area contributed by atoms with Gasteiger partial charge in [-0.2, -0.15) is 0 Å². The van der Waals surface area contributed by atoms with Crippen LogP contribution in [0.15, 0.2) is 53.5 Å². The van der Waals surface area contributed by atoms with E-state index in [1.165, 1.54) is 43.4 Å². The number of amides is 1. The largest absolute Gasteiger partial charge is 0.372 e. The third-order valence-corrected chi connectivity index (χ3v) is 6.22. The highest BCUT2D eigenvalue weighted by molar-refractivity contribution is 14.0. The quantitative estimate of drug-likeness (QED) is 0.293. The van der Waals surface area contributed by atoms with E-state index in [0.29, 0.717) is 24.7 Å². The zero-order valence-electron chi connectivity index (χ0n) is 20.3. The van der Waals surface area contributed by atoms with E-state index in [-0.39, 0.29) is 29.9 Å². The standard InChI is InChI=1S/C26H37N5O.HI/c1-27-26(28-18-20-10-14-22(15-11-20)25(32)30(2)3)29-19-21-12-16-24(17-13-21)31(4)23-8-6-5-7-9-23;/h10-17,23H,5-9,18-19H2,1-4H3,(H2,27,28,29);1H. The summed E-state index contributed by atoms with van der Waals surface area (Å²) >= 11 is 0. The van der Waals surface area contributed by atoms with Crippen molar-refractivity contribution in [2.75, 3.05) is 33.1 Å². The molecule has 180 valence electrons. The number of rotatable bonds is 7. The highest BCUT2D eigenvalue weighted by Gasteiger charge is 2.18. The molecule has 6 nitrogen and oxygen atoms in total. The maximum Gasteiger partial charge on any atom is 0.253 e. The zero-order chi connectivity index (χ0) is 22.9. The lowest BCUT2D eigenvalue weighted by Crippen LogP contribution is -2.36. The summed E-state index contributed by atoms with van der Waals surface area (Å²) in [6.07, 6.45) is 6.68. The van der Waals surface area contributed by atoms with Crippen molar-refractivity contribution in [3.63, 3.8) is 0 Å². The average Bonchev–Trinajstić information content (AvgIpc) is 2.84. The number of carbonyl (C=O) groups excluding carboxylic acids is 1. The van der Waals surface area contributed by atoms with Crippen LogP contribution >= 0.6 is 24.0 Å². The Bertz CT molecular complexity index is 890. The van der Waals surface area contributed by atoms with E-state index in [0.717, 1.165) is 11.5 Å². The molecule has 2 aromatic rings. The molecule has 0 aromatic heterocycles. The van der Waals surface area contributed by atoms with Crippen LogP contribution in [-0.4, -0.2) is 51.0 Å². The second-order valence-corrected chi connectivity index (χ2v) is 8.75. The fourth-order valence-corrected chi connectivity index (χ4v) is 4.14. The lowest BCUT2D eigenvalue weighted by atomic mass is 9.94. The topological polar surface area (TPSA) is 60.0 Å². The van der Waals surface area contributed by atoms with Crippen molar-refractivity contribution in [2.45, 2.75) is 51.2 Å². The van der Waals surface area contributed by atoms with Gasteiger partial charge in [-0.25, -0.2) is 0 Å². The number of hydrogen-bond acceptors (Lipinski definition) is 3. The van der Waals surface area contributed by atoms with Crippen molar-refractivity contribution in [3.05, 3.63) is 65.2 Å². The van der Waals surface area contributed by atoms with Gasteiger partial charge in [0, 0.05) is 58.6 Å². The molecule has 0 radical (unpaired) electrons. The van der Waals surface area contributed by atoms with Crippen LogP contribution in [0.25, 0.3) is 0 Å². The van der Waals surface area contributed by atoms with E-state index in [2.05, 4.69) is 51.8 Å². The molecular formula is C26H38IN5O. The van der Waals surface area contributed by atoms with E-state index >= 15 is 0 Å². The average molecular weight is 564 g/mol. The minimum Gasteiger partial charge on any atom is -0.372 e. The van der Waals surface area contributed by atoms with Gasteiger partial charge in [-0.15, -0.1) is 24.0 Å². The Balaban J connectivity index is 0.00000385. The Kier molecular flexibility index (Phi) is 11.0. The van der Waals surface area contributed by atoms with Gasteiger partial charge in [0.15, 0.2) is 5.96 Å². The molecule has 3 rings (SSSR count). The SMILES string of the molecule is CN=C(NCc1ccc(C(=O)N(C)C)cc1)NCc1ccc(N(C)C2CCCCC2)cc1.I. The number of carbonyl (C=O) groups is 1. The van der Waals surface area contributed by atoms with Crippen molar-refractivity contribution in [1.29, 1.82) is 0 Å². The third-order valence-electron chi connectivity index (χ3n) is 6.22. The molecule has 2 N–H and O–H groups in total. The van der Waals surface area contributed by atoms with Crippen molar-refractivity contribution < 1.29 is 4.79 Å². The first-order valence-electron chi connectivity index (χ1n) is 11.5. The van der Waals surface area contributed by atoms with E-state index in [9.17, 15) is 4.79 Å². The van der Waals surface area contributed by atoms with Crippen LogP contribution in [-0.2, 0) is 13.1 Å². The monoisotopic (exact) mass is 563 g/mol. The molecule has 2 aromatic carbocycles. The lowest BCUT2D eigenvalue weighted by Gasteiger charge is -2.33. The molecule has 33 heavy (non-hydrogen) atoms. The molecule has 0 unspecified atom stereocenters. The molecule has 0 bridgehead atoms. The lowest BCUT2D eigenvalue weighted by molar-refractivity contribution is 0.0827. The van der Waals surface area contributed by atoms with Crippen LogP contribution in [0.1, 0.15) is 53.6 Å². The fourth-order valence-electron chi connectivity index (χ4n) is 4.14. The van der Waals surface area contributed by atoms with Gasteiger partial charge in [0.25, 0.3) is 5.91 Å². The van der Waals surface area contributed by atoms with E-state index < -0.39 is 0 Å². The fraction of sp³-hybridized carbons (Fsp3) is 0.462. The predicted molar refractivity (Wildman–Crippen MR) is 149 cm³/mol. The van der Waals surface area contributed by atoms with Crippen molar-refractivity contribution >= 4 is 41.5 Å². The normalized spacial score (nSPS) is 14.2. The summed E-state index contributed by atoms with van der Waals surface area (Å²) in [6, 6.07) is 17.2. The maximum absolute atomic E-state index is 12.0. The van der Waals surface area contributed by atoms with Crippen LogP contribution in [0.3, 0.4) is 0 Å². The number of guanidine groups is 1. The van der Waals surface area contributed by atoms with Gasteiger partial charge in [0.05, 0.1) is 0 Å². The van der Waals surface area contributed by atoms with Crippen molar-refractivity contribution in [2.24, 2.45) is 4.99 Å². The van der Waals surface area contributed by atoms with Crippen LogP contribution in [0.2, 0.25) is 0 Å². The number of hydrogen-bond donors (Lipinski definition) is 2. The summed E-state index contributed by atoms with van der Waals surface area (Å²) in [4.78, 5) is 20.3. The summed E-state index contributed by atoms with van der Waals surface area (Å²) in [5, 5.41) is 6.71. The van der Waals surface area contributed by atoms with E-state index in [4.69, 9.17) is 0 Å². The maximum atomic E-state index is 12.0. The van der Waals surface area contributed by atoms with Gasteiger partial charge < -0.3 is 20.4 Å². The summed E-state index contributed by atoms with van der Waals surface area (Å²) in [5.41, 5.74) is 4.30. The number of nitrogens with zero attached hydrogens (tertiary/aromatic N) is 3. The van der Waals surface area contributed by atoms with Crippen LogP contribution < -0.4 is 15.5 Å². The molecule has 1 aliphatic carbocycles. The number of benzene rings is 2. The first kappa shape index (κ1) is 27.0. The molecule has 1 amide bonds. The number of halogens is 1. The Morgan fingerprint density at radius 1 is 0.879 bits per heavy atom. The Morgan fingerprint density at radius 2 is 1.39 bits per heavy atom. The molecule has 1 aliphatic rings. The second kappa shape index (κ2) is 13.4. The van der Waals surface area contributed by atoms with Gasteiger partial charge in [-0.3, -0.25) is 9.79 Å². The van der Waals surface area contributed by atoms with Gasteiger partial charge in [-0.1, -0.05) is 43.5 Å². The van der Waals surface area contributed by atoms with Crippen LogP contribution in [0.4, 0.5) is 5.69 Å². The minimum atomic E-state index is 0. The van der Waals surface area contributed by atoms with Crippen LogP contribution in [0.5, 0.6) is 0 Å². The number of aliphatic imine (C=N–C) groups is 1. The Labute approximate surface area is 215 Å². The summed E-state index contributed by atoms with van der Waals surface area (Å²) in [7, 11) is 7.51. The van der Waals surface area contributed by atoms with Gasteiger partial charge in [-0.05, 0) is 48.2 Å². The van der Waals surface area contributed by atoms with Gasteiger partial charge >= 0.3 is 0 Å². The van der Waals surface area contributed by atoms with Crippen molar-refractivity contribution in [1.82, 2.24) is 15.5 Å². The van der Waals surface area contributed by atoms with Crippen LogP contribution in [0, 0.1) is 0 Å². The Morgan fingerprint density at radius 3 is 1.88 bits per heavy atom. The molecule has 0 heterocycles. The molecule has 1 saturated carbocycles. The molecule has 7 heteroatoms. The van der Waals surface area contributed by atoms with Gasteiger partial charge in [0.1, 0.15) is 0 Å². The number of nitrogens with one attached hydrogen (secondary N) is 2. The molecule has 0 saturated heterocycles. The molecule has 0 spiro atoms. The molecule has 0 atom stereocenters. The van der Waals surface area contributed by atoms with E-state index in [1.807, 2.05) is 24.3 Å². The predicted octanol–water partition coefficient (Wildman–Crippen LogP) is 4.64. The Hall–Kier alpha value is -2.29. The number of anilines is 1. The second-order valence-electron chi connectivity index (χ2n) is 8.75. The highest BCUT2D eigenvalue weighted by atomic mass is 127. The smallest absolute Gasteiger partial charge is 0.253 e. The summed E-state index contributed by atoms with van der Waals surface area (Å²) < 4.78 is 0.